The van der Waals surface area contributed by atoms with Crippen molar-refractivity contribution in [2.75, 3.05) is 0 Å². The Morgan fingerprint density at radius 3 is 2.45 bits per heavy atom. The molecule has 4 rings (SSSR count). The van der Waals surface area contributed by atoms with Crippen LogP contribution in [0.3, 0.4) is 0 Å². The maximum Gasteiger partial charge on any atom is 0.488 e. The van der Waals surface area contributed by atoms with Gasteiger partial charge in [-0.2, -0.15) is 0 Å². The number of nitrogens with zero attached hydrogens (tertiary/aromatic N) is 2. The molecule has 0 fully saturated rings. The van der Waals surface area contributed by atoms with Gasteiger partial charge in [0.1, 0.15) is 0 Å². The van der Waals surface area contributed by atoms with E-state index >= 15 is 0 Å². The quantitative estimate of drug-likeness (QED) is 0.553. The van der Waals surface area contributed by atoms with Crippen molar-refractivity contribution in [3.63, 3.8) is 0 Å². The first-order valence-corrected chi connectivity index (χ1v) is 7.05. The van der Waals surface area contributed by atoms with Gasteiger partial charge in [-0.25, -0.2) is 0 Å². The lowest BCUT2D eigenvalue weighted by Gasteiger charge is -2.07. The molecule has 0 saturated carbocycles. The number of aromatic nitrogens is 2. The summed E-state index contributed by atoms with van der Waals surface area (Å²) in [6.45, 7) is 0. The topological polar surface area (TPSA) is 58.3 Å². The van der Waals surface area contributed by atoms with Gasteiger partial charge in [0.25, 0.3) is 0 Å². The minimum atomic E-state index is -1.47. The molecular formula is C17H13BN2O2. The van der Waals surface area contributed by atoms with Crippen LogP contribution in [0.2, 0.25) is 0 Å². The molecule has 0 bridgehead atoms. The standard InChI is InChI=1S/C17H13BN2O2/c21-18(22)12-6-7-16-15(10-12)14-8-9-19-11-17(14)20(16)13-4-2-1-3-5-13/h1-11,21-22H. The van der Waals surface area contributed by atoms with Crippen LogP contribution in [0.5, 0.6) is 0 Å². The zero-order valence-electron chi connectivity index (χ0n) is 11.7. The lowest BCUT2D eigenvalue weighted by Crippen LogP contribution is -2.29. The molecule has 0 aliphatic heterocycles. The van der Waals surface area contributed by atoms with Crippen molar-refractivity contribution in [2.24, 2.45) is 0 Å². The number of rotatable bonds is 2. The Morgan fingerprint density at radius 2 is 1.68 bits per heavy atom. The summed E-state index contributed by atoms with van der Waals surface area (Å²) in [5, 5.41) is 20.8. The first kappa shape index (κ1) is 13.1. The Labute approximate surface area is 127 Å². The van der Waals surface area contributed by atoms with Crippen molar-refractivity contribution >= 4 is 34.4 Å². The first-order chi connectivity index (χ1) is 10.8. The van der Waals surface area contributed by atoms with Crippen molar-refractivity contribution in [3.05, 3.63) is 67.0 Å². The lowest BCUT2D eigenvalue weighted by molar-refractivity contribution is 0.426. The molecule has 22 heavy (non-hydrogen) atoms. The van der Waals surface area contributed by atoms with Gasteiger partial charge in [0.2, 0.25) is 0 Å². The summed E-state index contributed by atoms with van der Waals surface area (Å²) in [6, 6.07) is 17.5. The Morgan fingerprint density at radius 1 is 0.864 bits per heavy atom. The highest BCUT2D eigenvalue weighted by Crippen LogP contribution is 2.30. The van der Waals surface area contributed by atoms with Crippen LogP contribution in [0.15, 0.2) is 67.0 Å². The van der Waals surface area contributed by atoms with E-state index in [1.54, 1.807) is 12.3 Å². The highest BCUT2D eigenvalue weighted by atomic mass is 16.4. The summed E-state index contributed by atoms with van der Waals surface area (Å²) < 4.78 is 2.13. The van der Waals surface area contributed by atoms with Gasteiger partial charge >= 0.3 is 7.12 Å². The van der Waals surface area contributed by atoms with Crippen molar-refractivity contribution in [1.82, 2.24) is 9.55 Å². The second-order valence-corrected chi connectivity index (χ2v) is 5.21. The van der Waals surface area contributed by atoms with Gasteiger partial charge < -0.3 is 14.6 Å². The fourth-order valence-electron chi connectivity index (χ4n) is 2.90. The van der Waals surface area contributed by atoms with Gasteiger partial charge in [-0.15, -0.1) is 0 Å². The molecular weight excluding hydrogens is 275 g/mol. The average molecular weight is 288 g/mol. The number of benzene rings is 2. The van der Waals surface area contributed by atoms with Crippen molar-refractivity contribution < 1.29 is 10.0 Å². The maximum absolute atomic E-state index is 9.42. The second-order valence-electron chi connectivity index (χ2n) is 5.21. The SMILES string of the molecule is OB(O)c1ccc2c(c1)c1ccncc1n2-c1ccccc1. The zero-order chi connectivity index (χ0) is 15.1. The predicted molar refractivity (Wildman–Crippen MR) is 88.4 cm³/mol. The normalized spacial score (nSPS) is 11.2. The molecule has 5 heteroatoms. The van der Waals surface area contributed by atoms with E-state index in [4.69, 9.17) is 0 Å². The van der Waals surface area contributed by atoms with E-state index in [1.165, 1.54) is 0 Å². The van der Waals surface area contributed by atoms with Crippen LogP contribution in [-0.2, 0) is 0 Å². The molecule has 4 aromatic rings. The molecule has 106 valence electrons. The average Bonchev–Trinajstić information content (AvgIpc) is 2.89. The predicted octanol–water partition coefficient (Wildman–Crippen LogP) is 1.86. The highest BCUT2D eigenvalue weighted by Gasteiger charge is 2.16. The summed E-state index contributed by atoms with van der Waals surface area (Å²) in [7, 11) is -1.47. The summed E-state index contributed by atoms with van der Waals surface area (Å²) in [6.07, 6.45) is 3.58. The summed E-state index contributed by atoms with van der Waals surface area (Å²) in [5.41, 5.74) is 3.54. The third kappa shape index (κ3) is 1.91. The summed E-state index contributed by atoms with van der Waals surface area (Å²) in [5.74, 6) is 0. The second kappa shape index (κ2) is 4.98. The zero-order valence-corrected chi connectivity index (χ0v) is 11.7. The molecule has 0 unspecified atom stereocenters. The third-order valence-electron chi connectivity index (χ3n) is 3.91. The van der Waals surface area contributed by atoms with Crippen molar-refractivity contribution in [2.45, 2.75) is 0 Å². The van der Waals surface area contributed by atoms with Crippen LogP contribution < -0.4 is 5.46 Å². The van der Waals surface area contributed by atoms with Crippen LogP contribution >= 0.6 is 0 Å². The molecule has 2 aromatic carbocycles. The van der Waals surface area contributed by atoms with Gasteiger partial charge in [0, 0.05) is 22.7 Å². The number of hydrogen-bond acceptors (Lipinski definition) is 3. The van der Waals surface area contributed by atoms with Gasteiger partial charge in [0.05, 0.1) is 17.2 Å². The fourth-order valence-corrected chi connectivity index (χ4v) is 2.90. The van der Waals surface area contributed by atoms with E-state index < -0.39 is 7.12 Å². The van der Waals surface area contributed by atoms with Crippen LogP contribution in [0, 0.1) is 0 Å². The fraction of sp³-hybridized carbons (Fsp3) is 0. The molecule has 0 amide bonds. The lowest BCUT2D eigenvalue weighted by atomic mass is 9.80. The Hall–Kier alpha value is -2.63. The van der Waals surface area contributed by atoms with Crippen LogP contribution in [-0.4, -0.2) is 26.7 Å². The molecule has 2 aromatic heterocycles. The van der Waals surface area contributed by atoms with Gasteiger partial charge in [-0.3, -0.25) is 4.98 Å². The smallest absolute Gasteiger partial charge is 0.423 e. The van der Waals surface area contributed by atoms with E-state index in [0.717, 1.165) is 27.5 Å². The Bertz CT molecular complexity index is 964. The number of para-hydroxylation sites is 1. The summed E-state index contributed by atoms with van der Waals surface area (Å²) >= 11 is 0. The highest BCUT2D eigenvalue weighted by molar-refractivity contribution is 6.59. The van der Waals surface area contributed by atoms with E-state index in [0.29, 0.717) is 5.46 Å². The molecule has 0 saturated heterocycles. The van der Waals surface area contributed by atoms with E-state index in [9.17, 15) is 10.0 Å². The Kier molecular flexibility index (Phi) is 2.96. The first-order valence-electron chi connectivity index (χ1n) is 7.05. The molecule has 0 atom stereocenters. The van der Waals surface area contributed by atoms with Gasteiger partial charge in [-0.1, -0.05) is 30.3 Å². The third-order valence-corrected chi connectivity index (χ3v) is 3.91. The van der Waals surface area contributed by atoms with Crippen molar-refractivity contribution in [3.8, 4) is 5.69 Å². The molecule has 0 aliphatic rings. The van der Waals surface area contributed by atoms with Gasteiger partial charge in [0.15, 0.2) is 0 Å². The molecule has 0 aliphatic carbocycles. The minimum absolute atomic E-state index is 0.483. The monoisotopic (exact) mass is 288 g/mol. The number of fused-ring (bicyclic) bond motifs is 3. The van der Waals surface area contributed by atoms with E-state index in [2.05, 4.69) is 9.55 Å². The molecule has 0 radical (unpaired) electrons. The van der Waals surface area contributed by atoms with Crippen molar-refractivity contribution in [1.29, 1.82) is 0 Å². The molecule has 2 heterocycles. The van der Waals surface area contributed by atoms with Crippen LogP contribution in [0.4, 0.5) is 0 Å². The maximum atomic E-state index is 9.42. The number of pyridine rings is 1. The molecule has 4 nitrogen and oxygen atoms in total. The Balaban J connectivity index is 2.14. The van der Waals surface area contributed by atoms with Crippen LogP contribution in [0.1, 0.15) is 0 Å². The van der Waals surface area contributed by atoms with Gasteiger partial charge in [-0.05, 0) is 29.7 Å². The number of hydrogen-bond donors (Lipinski definition) is 2. The molecule has 2 N–H and O–H groups in total. The minimum Gasteiger partial charge on any atom is -0.423 e. The largest absolute Gasteiger partial charge is 0.488 e. The van der Waals surface area contributed by atoms with Crippen LogP contribution in [0.25, 0.3) is 27.5 Å². The van der Waals surface area contributed by atoms with E-state index in [-0.39, 0.29) is 0 Å². The van der Waals surface area contributed by atoms with E-state index in [1.807, 2.05) is 54.7 Å². The summed E-state index contributed by atoms with van der Waals surface area (Å²) in [4.78, 5) is 4.23. The molecule has 0 spiro atoms.